The summed E-state index contributed by atoms with van der Waals surface area (Å²) < 4.78 is 2.41. The maximum absolute atomic E-state index is 5.12. The lowest BCUT2D eigenvalue weighted by Gasteiger charge is -2.13. The van der Waals surface area contributed by atoms with Gasteiger partial charge in [-0.25, -0.2) is 9.97 Å². The van der Waals surface area contributed by atoms with Gasteiger partial charge in [0, 0.05) is 45.5 Å². The Hall–Kier alpha value is -7.43. The first-order valence-electron chi connectivity index (χ1n) is 18.6. The van der Waals surface area contributed by atoms with Gasteiger partial charge in [0.25, 0.3) is 0 Å². The van der Waals surface area contributed by atoms with Crippen molar-refractivity contribution in [3.05, 3.63) is 194 Å². The summed E-state index contributed by atoms with van der Waals surface area (Å²) in [6.45, 7) is 0. The normalized spacial score (nSPS) is 11.6. The molecule has 0 N–H and O–H groups in total. The van der Waals surface area contributed by atoms with Crippen LogP contribution in [0.2, 0.25) is 0 Å². The van der Waals surface area contributed by atoms with Crippen molar-refractivity contribution in [2.75, 3.05) is 0 Å². The van der Waals surface area contributed by atoms with E-state index in [4.69, 9.17) is 9.97 Å². The summed E-state index contributed by atoms with van der Waals surface area (Å²) in [5.41, 5.74) is 10.5. The van der Waals surface area contributed by atoms with Crippen molar-refractivity contribution in [2.24, 2.45) is 0 Å². The Bertz CT molecular complexity index is 3220. The molecule has 0 spiro atoms. The molecule has 8 aromatic carbocycles. The first-order chi connectivity index (χ1) is 27.3. The minimum absolute atomic E-state index is 0.697. The Balaban J connectivity index is 1.06. The molecule has 3 aromatic heterocycles. The molecule has 11 aromatic rings. The fourth-order valence-electron chi connectivity index (χ4n) is 8.25. The largest absolute Gasteiger partial charge is 0.309 e. The molecular weight excluding hydrogens is 669 g/mol. The molecule has 4 nitrogen and oxygen atoms in total. The van der Waals surface area contributed by atoms with E-state index in [9.17, 15) is 0 Å². The van der Waals surface area contributed by atoms with Crippen LogP contribution in [0.25, 0.3) is 105 Å². The van der Waals surface area contributed by atoms with E-state index < -0.39 is 0 Å². The summed E-state index contributed by atoms with van der Waals surface area (Å²) in [6.07, 6.45) is 3.69. The van der Waals surface area contributed by atoms with Gasteiger partial charge in [-0.3, -0.25) is 4.98 Å². The van der Waals surface area contributed by atoms with E-state index in [1.165, 1.54) is 54.1 Å². The molecule has 0 fully saturated rings. The average Bonchev–Trinajstić information content (AvgIpc) is 3.60. The fourth-order valence-corrected chi connectivity index (χ4v) is 8.25. The van der Waals surface area contributed by atoms with Gasteiger partial charge in [0.15, 0.2) is 5.82 Å². The number of benzene rings is 8. The maximum Gasteiger partial charge on any atom is 0.160 e. The average molecular weight is 701 g/mol. The quantitative estimate of drug-likeness (QED) is 0.168. The Morgan fingerprint density at radius 3 is 1.49 bits per heavy atom. The van der Waals surface area contributed by atoms with Crippen molar-refractivity contribution in [3.8, 4) is 50.7 Å². The van der Waals surface area contributed by atoms with Crippen LogP contribution in [0.5, 0.6) is 0 Å². The van der Waals surface area contributed by atoms with Gasteiger partial charge in [-0.05, 0) is 85.9 Å². The molecule has 0 atom stereocenters. The molecule has 3 heterocycles. The Morgan fingerprint density at radius 1 is 0.327 bits per heavy atom. The second-order valence-corrected chi connectivity index (χ2v) is 14.1. The smallest absolute Gasteiger partial charge is 0.160 e. The number of hydrogen-bond acceptors (Lipinski definition) is 3. The van der Waals surface area contributed by atoms with E-state index in [0.29, 0.717) is 5.82 Å². The number of aromatic nitrogens is 4. The van der Waals surface area contributed by atoms with E-state index in [2.05, 4.69) is 167 Å². The summed E-state index contributed by atoms with van der Waals surface area (Å²) in [7, 11) is 0. The van der Waals surface area contributed by atoms with Crippen molar-refractivity contribution in [1.29, 1.82) is 0 Å². The van der Waals surface area contributed by atoms with Crippen molar-refractivity contribution < 1.29 is 0 Å². The van der Waals surface area contributed by atoms with Gasteiger partial charge in [0.05, 0.1) is 22.4 Å². The van der Waals surface area contributed by atoms with E-state index in [1.54, 1.807) is 6.20 Å². The molecule has 0 saturated carbocycles. The molecule has 11 rings (SSSR count). The van der Waals surface area contributed by atoms with Crippen molar-refractivity contribution in [1.82, 2.24) is 19.5 Å². The van der Waals surface area contributed by atoms with E-state index >= 15 is 0 Å². The second kappa shape index (κ2) is 12.6. The number of para-hydroxylation sites is 1. The van der Waals surface area contributed by atoms with Crippen LogP contribution in [0.15, 0.2) is 194 Å². The molecule has 256 valence electrons. The molecule has 0 aliphatic carbocycles. The van der Waals surface area contributed by atoms with Crippen LogP contribution in [-0.2, 0) is 0 Å². The SMILES string of the molecule is c1ccc(-c2nc(-c3ccc(-c4cccnc4)cc3)cc(-c3ccc(-n4c5ccccc5c5cc6c7ccccc7c7ccccc7c6cc54)cc3)n2)cc1. The summed E-state index contributed by atoms with van der Waals surface area (Å²) >= 11 is 0. The molecule has 0 saturated heterocycles. The highest BCUT2D eigenvalue weighted by Gasteiger charge is 2.17. The van der Waals surface area contributed by atoms with Crippen LogP contribution in [0, 0.1) is 0 Å². The predicted octanol–water partition coefficient (Wildman–Crippen LogP) is 13.1. The molecule has 0 bridgehead atoms. The Morgan fingerprint density at radius 2 is 0.855 bits per heavy atom. The lowest BCUT2D eigenvalue weighted by molar-refractivity contribution is 1.17. The molecular formula is C51H32N4. The minimum Gasteiger partial charge on any atom is -0.309 e. The number of rotatable bonds is 5. The zero-order valence-corrected chi connectivity index (χ0v) is 29.8. The molecule has 0 radical (unpaired) electrons. The zero-order valence-electron chi connectivity index (χ0n) is 29.8. The van der Waals surface area contributed by atoms with Crippen molar-refractivity contribution in [3.63, 3.8) is 0 Å². The van der Waals surface area contributed by atoms with Crippen molar-refractivity contribution >= 4 is 54.1 Å². The third kappa shape index (κ3) is 5.19. The van der Waals surface area contributed by atoms with Gasteiger partial charge in [0.1, 0.15) is 0 Å². The first-order valence-corrected chi connectivity index (χ1v) is 18.6. The molecule has 0 aliphatic heterocycles. The molecule has 55 heavy (non-hydrogen) atoms. The van der Waals surface area contributed by atoms with Gasteiger partial charge in [-0.1, -0.05) is 140 Å². The zero-order chi connectivity index (χ0) is 36.3. The molecule has 4 heteroatoms. The highest BCUT2D eigenvalue weighted by molar-refractivity contribution is 6.28. The van der Waals surface area contributed by atoms with Crippen LogP contribution in [-0.4, -0.2) is 19.5 Å². The van der Waals surface area contributed by atoms with Crippen LogP contribution >= 0.6 is 0 Å². The van der Waals surface area contributed by atoms with Gasteiger partial charge in [0.2, 0.25) is 0 Å². The molecule has 0 amide bonds. The minimum atomic E-state index is 0.697. The number of fused-ring (bicyclic) bond motifs is 9. The number of pyridine rings is 1. The maximum atomic E-state index is 5.12. The fraction of sp³-hybridized carbons (Fsp3) is 0. The van der Waals surface area contributed by atoms with Gasteiger partial charge in [-0.15, -0.1) is 0 Å². The second-order valence-electron chi connectivity index (χ2n) is 14.1. The summed E-state index contributed by atoms with van der Waals surface area (Å²) in [5.74, 6) is 0.697. The van der Waals surface area contributed by atoms with Gasteiger partial charge < -0.3 is 4.57 Å². The third-order valence-electron chi connectivity index (χ3n) is 10.9. The summed E-state index contributed by atoms with van der Waals surface area (Å²) in [5, 5.41) is 10.1. The van der Waals surface area contributed by atoms with Crippen molar-refractivity contribution in [2.45, 2.75) is 0 Å². The molecule has 0 unspecified atom stereocenters. The van der Waals surface area contributed by atoms with E-state index in [1.807, 2.05) is 30.5 Å². The lowest BCUT2D eigenvalue weighted by Crippen LogP contribution is -1.97. The monoisotopic (exact) mass is 700 g/mol. The van der Waals surface area contributed by atoms with E-state index in [-0.39, 0.29) is 0 Å². The van der Waals surface area contributed by atoms with E-state index in [0.717, 1.165) is 44.9 Å². The lowest BCUT2D eigenvalue weighted by atomic mass is 9.93. The van der Waals surface area contributed by atoms with Crippen LogP contribution in [0.4, 0.5) is 0 Å². The predicted molar refractivity (Wildman–Crippen MR) is 228 cm³/mol. The molecule has 0 aliphatic rings. The first kappa shape index (κ1) is 31.1. The third-order valence-corrected chi connectivity index (χ3v) is 10.9. The van der Waals surface area contributed by atoms with Crippen LogP contribution < -0.4 is 0 Å². The van der Waals surface area contributed by atoms with Crippen LogP contribution in [0.3, 0.4) is 0 Å². The Kier molecular flexibility index (Phi) is 7.14. The summed E-state index contributed by atoms with van der Waals surface area (Å²) in [6, 6.07) is 64.8. The Labute approximate surface area is 317 Å². The number of hydrogen-bond donors (Lipinski definition) is 0. The van der Waals surface area contributed by atoms with Gasteiger partial charge >= 0.3 is 0 Å². The van der Waals surface area contributed by atoms with Crippen LogP contribution in [0.1, 0.15) is 0 Å². The topological polar surface area (TPSA) is 43.6 Å². The summed E-state index contributed by atoms with van der Waals surface area (Å²) in [4.78, 5) is 14.5. The van der Waals surface area contributed by atoms with Gasteiger partial charge in [-0.2, -0.15) is 0 Å². The number of nitrogens with zero attached hydrogens (tertiary/aromatic N) is 4. The highest BCUT2D eigenvalue weighted by atomic mass is 15.0. The standard InChI is InChI=1S/C51H32N4/c1-2-11-36(12-3-1)51-53-47(34-22-20-33(21-23-34)37-13-10-28-52-32-37)31-48(54-51)35-24-26-38(27-25-35)55-49-19-9-8-18-43(49)46-29-44-41-16-6-4-14-39(41)40-15-5-7-17-42(40)45(44)30-50(46)55/h1-32H. The highest BCUT2D eigenvalue weighted by Crippen LogP contribution is 2.41.